The SMILES string of the molecule is CC1CCC(C(C)C)C(Oc2ncnc(N)c2Br)C1. The Balaban J connectivity index is 2.16. The lowest BCUT2D eigenvalue weighted by atomic mass is 9.75. The van der Waals surface area contributed by atoms with Crippen molar-refractivity contribution in [3.05, 3.63) is 10.8 Å². The van der Waals surface area contributed by atoms with Gasteiger partial charge in [-0.1, -0.05) is 27.2 Å². The number of rotatable bonds is 3. The lowest BCUT2D eigenvalue weighted by Gasteiger charge is -2.37. The highest BCUT2D eigenvalue weighted by atomic mass is 79.9. The zero-order valence-electron chi connectivity index (χ0n) is 11.8. The number of halogens is 1. The molecule has 106 valence electrons. The standard InChI is InChI=1S/C14H22BrN3O/c1-8(2)10-5-4-9(3)6-11(10)19-14-12(15)13(16)17-7-18-14/h7-11H,4-6H2,1-3H3,(H2,16,17,18). The second-order valence-electron chi connectivity index (χ2n) is 5.86. The third-order valence-corrected chi connectivity index (χ3v) is 4.75. The molecule has 3 atom stereocenters. The number of hydrogen-bond donors (Lipinski definition) is 1. The lowest BCUT2D eigenvalue weighted by molar-refractivity contribution is 0.0420. The van der Waals surface area contributed by atoms with Gasteiger partial charge in [0.15, 0.2) is 0 Å². The van der Waals surface area contributed by atoms with Gasteiger partial charge in [-0.25, -0.2) is 9.97 Å². The first-order valence-corrected chi connectivity index (χ1v) is 7.71. The molecule has 0 spiro atoms. The molecule has 0 bridgehead atoms. The van der Waals surface area contributed by atoms with E-state index < -0.39 is 0 Å². The van der Waals surface area contributed by atoms with E-state index in [4.69, 9.17) is 10.5 Å². The number of nitrogens with zero attached hydrogens (tertiary/aromatic N) is 2. The number of nitrogen functional groups attached to an aromatic ring is 1. The Morgan fingerprint density at radius 2 is 2.11 bits per heavy atom. The monoisotopic (exact) mass is 327 g/mol. The third-order valence-electron chi connectivity index (χ3n) is 4.01. The molecule has 0 radical (unpaired) electrons. The van der Waals surface area contributed by atoms with Gasteiger partial charge < -0.3 is 10.5 Å². The molecule has 5 heteroatoms. The van der Waals surface area contributed by atoms with Gasteiger partial charge in [0, 0.05) is 0 Å². The second kappa shape index (κ2) is 6.07. The van der Waals surface area contributed by atoms with E-state index in [0.29, 0.717) is 33.9 Å². The van der Waals surface area contributed by atoms with Gasteiger partial charge >= 0.3 is 0 Å². The summed E-state index contributed by atoms with van der Waals surface area (Å²) in [6.45, 7) is 6.82. The molecule has 2 N–H and O–H groups in total. The van der Waals surface area contributed by atoms with E-state index in [2.05, 4.69) is 46.7 Å². The van der Waals surface area contributed by atoms with Crippen LogP contribution in [0.2, 0.25) is 0 Å². The van der Waals surface area contributed by atoms with E-state index >= 15 is 0 Å². The highest BCUT2D eigenvalue weighted by molar-refractivity contribution is 9.10. The van der Waals surface area contributed by atoms with Crippen molar-refractivity contribution in [3.63, 3.8) is 0 Å². The number of anilines is 1. The van der Waals surface area contributed by atoms with Crippen molar-refractivity contribution in [2.75, 3.05) is 5.73 Å². The van der Waals surface area contributed by atoms with Gasteiger partial charge in [-0.2, -0.15) is 0 Å². The van der Waals surface area contributed by atoms with Crippen LogP contribution >= 0.6 is 15.9 Å². The Bertz CT molecular complexity index is 439. The average molecular weight is 328 g/mol. The van der Waals surface area contributed by atoms with Crippen molar-refractivity contribution in [1.29, 1.82) is 0 Å². The Morgan fingerprint density at radius 1 is 1.37 bits per heavy atom. The van der Waals surface area contributed by atoms with Crippen molar-refractivity contribution in [2.45, 2.75) is 46.1 Å². The van der Waals surface area contributed by atoms with Crippen LogP contribution in [0.25, 0.3) is 0 Å². The predicted molar refractivity (Wildman–Crippen MR) is 79.9 cm³/mol. The predicted octanol–water partition coefficient (Wildman–Crippen LogP) is 3.66. The zero-order chi connectivity index (χ0) is 14.0. The van der Waals surface area contributed by atoms with Crippen LogP contribution in [-0.4, -0.2) is 16.1 Å². The number of nitrogens with two attached hydrogens (primary N) is 1. The summed E-state index contributed by atoms with van der Waals surface area (Å²) >= 11 is 3.40. The van der Waals surface area contributed by atoms with Crippen LogP contribution in [0.1, 0.15) is 40.0 Å². The molecule has 4 nitrogen and oxygen atoms in total. The van der Waals surface area contributed by atoms with Gasteiger partial charge in [-0.05, 0) is 46.5 Å². The van der Waals surface area contributed by atoms with Gasteiger partial charge in [-0.15, -0.1) is 0 Å². The lowest BCUT2D eigenvalue weighted by Crippen LogP contribution is -2.36. The molecule has 1 aliphatic carbocycles. The van der Waals surface area contributed by atoms with E-state index in [0.717, 1.165) is 6.42 Å². The summed E-state index contributed by atoms with van der Waals surface area (Å²) in [6, 6.07) is 0. The number of ether oxygens (including phenoxy) is 1. The third kappa shape index (κ3) is 3.38. The maximum atomic E-state index is 6.13. The number of hydrogen-bond acceptors (Lipinski definition) is 4. The summed E-state index contributed by atoms with van der Waals surface area (Å²) < 4.78 is 6.80. The van der Waals surface area contributed by atoms with Crippen LogP contribution in [0.5, 0.6) is 5.88 Å². The summed E-state index contributed by atoms with van der Waals surface area (Å²) in [6.07, 6.45) is 5.26. The molecule has 1 saturated carbocycles. The second-order valence-corrected chi connectivity index (χ2v) is 6.65. The van der Waals surface area contributed by atoms with Crippen LogP contribution in [0.4, 0.5) is 5.82 Å². The molecule has 2 rings (SSSR count). The summed E-state index contributed by atoms with van der Waals surface area (Å²) in [5.41, 5.74) is 5.77. The molecule has 1 heterocycles. The first-order chi connectivity index (χ1) is 8.99. The summed E-state index contributed by atoms with van der Waals surface area (Å²) in [7, 11) is 0. The van der Waals surface area contributed by atoms with Crippen LogP contribution in [0, 0.1) is 17.8 Å². The topological polar surface area (TPSA) is 61.0 Å². The van der Waals surface area contributed by atoms with E-state index in [1.807, 2.05) is 0 Å². The quantitative estimate of drug-likeness (QED) is 0.920. The van der Waals surface area contributed by atoms with Crippen molar-refractivity contribution >= 4 is 21.7 Å². The highest BCUT2D eigenvalue weighted by Gasteiger charge is 2.33. The molecule has 19 heavy (non-hydrogen) atoms. The van der Waals surface area contributed by atoms with E-state index in [9.17, 15) is 0 Å². The van der Waals surface area contributed by atoms with Gasteiger partial charge in [0.05, 0.1) is 0 Å². The zero-order valence-corrected chi connectivity index (χ0v) is 13.4. The summed E-state index contributed by atoms with van der Waals surface area (Å²) in [4.78, 5) is 8.13. The van der Waals surface area contributed by atoms with Crippen LogP contribution < -0.4 is 10.5 Å². The summed E-state index contributed by atoms with van der Waals surface area (Å²) in [5.74, 6) is 2.90. The highest BCUT2D eigenvalue weighted by Crippen LogP contribution is 2.37. The van der Waals surface area contributed by atoms with Crippen molar-refractivity contribution in [2.24, 2.45) is 17.8 Å². The molecule has 0 amide bonds. The molecule has 3 unspecified atom stereocenters. The van der Waals surface area contributed by atoms with Crippen molar-refractivity contribution in [3.8, 4) is 5.88 Å². The minimum absolute atomic E-state index is 0.217. The Kier molecular flexibility index (Phi) is 4.66. The maximum absolute atomic E-state index is 6.13. The molecule has 0 aromatic carbocycles. The van der Waals surface area contributed by atoms with Crippen molar-refractivity contribution < 1.29 is 4.74 Å². The van der Waals surface area contributed by atoms with Crippen LogP contribution in [0.3, 0.4) is 0 Å². The number of aromatic nitrogens is 2. The molecule has 1 aromatic rings. The minimum Gasteiger partial charge on any atom is -0.473 e. The van der Waals surface area contributed by atoms with Crippen molar-refractivity contribution in [1.82, 2.24) is 9.97 Å². The van der Waals surface area contributed by atoms with Gasteiger partial charge in [0.2, 0.25) is 5.88 Å². The molecular formula is C14H22BrN3O. The fourth-order valence-corrected chi connectivity index (χ4v) is 3.14. The van der Waals surface area contributed by atoms with E-state index in [1.54, 1.807) is 0 Å². The molecule has 1 aromatic heterocycles. The Morgan fingerprint density at radius 3 is 2.79 bits per heavy atom. The van der Waals surface area contributed by atoms with Gasteiger partial charge in [0.1, 0.15) is 22.7 Å². The molecule has 0 saturated heterocycles. The van der Waals surface area contributed by atoms with Gasteiger partial charge in [-0.3, -0.25) is 0 Å². The first kappa shape index (κ1) is 14.6. The smallest absolute Gasteiger partial charge is 0.233 e. The molecule has 0 aliphatic heterocycles. The molecule has 1 aliphatic rings. The largest absolute Gasteiger partial charge is 0.473 e. The van der Waals surface area contributed by atoms with Crippen LogP contribution in [0.15, 0.2) is 10.8 Å². The average Bonchev–Trinajstić information content (AvgIpc) is 2.35. The molecule has 1 fully saturated rings. The summed E-state index contributed by atoms with van der Waals surface area (Å²) in [5, 5.41) is 0. The Labute approximate surface area is 123 Å². The fraction of sp³-hybridized carbons (Fsp3) is 0.714. The van der Waals surface area contributed by atoms with E-state index in [1.165, 1.54) is 19.2 Å². The fourth-order valence-electron chi connectivity index (χ4n) is 2.84. The van der Waals surface area contributed by atoms with E-state index in [-0.39, 0.29) is 6.10 Å². The van der Waals surface area contributed by atoms with Gasteiger partial charge in [0.25, 0.3) is 0 Å². The first-order valence-electron chi connectivity index (χ1n) is 6.91. The molecular weight excluding hydrogens is 306 g/mol. The minimum atomic E-state index is 0.217. The van der Waals surface area contributed by atoms with Crippen LogP contribution in [-0.2, 0) is 0 Å². The maximum Gasteiger partial charge on any atom is 0.233 e. The normalized spacial score (nSPS) is 27.5. The Hall–Kier alpha value is -0.840.